The lowest BCUT2D eigenvalue weighted by Gasteiger charge is -2.24. The molecule has 1 aliphatic heterocycles. The van der Waals surface area contributed by atoms with Crippen molar-refractivity contribution in [2.45, 2.75) is 19.1 Å². The molecule has 7 nitrogen and oxygen atoms in total. The Hall–Kier alpha value is -2.41. The Kier molecular flexibility index (Phi) is 3.48. The van der Waals surface area contributed by atoms with Gasteiger partial charge in [-0.15, -0.1) is 0 Å². The highest BCUT2D eigenvalue weighted by Gasteiger charge is 2.32. The molecule has 7 heteroatoms. The summed E-state index contributed by atoms with van der Waals surface area (Å²) in [7, 11) is 0. The van der Waals surface area contributed by atoms with Crippen molar-refractivity contribution in [1.82, 2.24) is 0 Å². The first-order valence-electron chi connectivity index (χ1n) is 5.56. The van der Waals surface area contributed by atoms with Crippen molar-refractivity contribution in [3.63, 3.8) is 0 Å². The SMILES string of the molecule is C[C@H]1OC(=O)c2cccc(NC=O)c2OC(=O)[C@@H]1N. The van der Waals surface area contributed by atoms with Gasteiger partial charge in [0, 0.05) is 0 Å². The number of cyclic esters (lactones) is 1. The van der Waals surface area contributed by atoms with Crippen LogP contribution in [0, 0.1) is 0 Å². The van der Waals surface area contributed by atoms with Crippen molar-refractivity contribution in [3.05, 3.63) is 23.8 Å². The number of carbonyl (C=O) groups excluding carboxylic acids is 3. The maximum atomic E-state index is 11.9. The van der Waals surface area contributed by atoms with E-state index in [9.17, 15) is 14.4 Å². The van der Waals surface area contributed by atoms with E-state index in [0.29, 0.717) is 6.41 Å². The zero-order chi connectivity index (χ0) is 14.0. The van der Waals surface area contributed by atoms with Crippen LogP contribution in [0.1, 0.15) is 17.3 Å². The smallest absolute Gasteiger partial charge is 0.342 e. The number of nitrogens with two attached hydrogens (primary N) is 1. The summed E-state index contributed by atoms with van der Waals surface area (Å²) in [6, 6.07) is 3.38. The lowest BCUT2D eigenvalue weighted by atomic mass is 10.1. The van der Waals surface area contributed by atoms with E-state index in [1.54, 1.807) is 0 Å². The van der Waals surface area contributed by atoms with Gasteiger partial charge in [-0.05, 0) is 19.1 Å². The standard InChI is InChI=1S/C12H12N2O5/c1-6-9(13)12(17)19-10-7(11(16)18-6)3-2-4-8(10)14-5-15/h2-6,9H,13H2,1H3,(H,14,15)/t6-,9-/m1/s1. The third-order valence-corrected chi connectivity index (χ3v) is 2.72. The molecule has 1 heterocycles. The molecule has 0 saturated carbocycles. The van der Waals surface area contributed by atoms with E-state index in [1.165, 1.54) is 25.1 Å². The van der Waals surface area contributed by atoms with Crippen LogP contribution in [0.5, 0.6) is 5.75 Å². The maximum absolute atomic E-state index is 11.9. The summed E-state index contributed by atoms with van der Waals surface area (Å²) in [6.45, 7) is 1.50. The predicted octanol–water partition coefficient (Wildman–Crippen LogP) is 0.0465. The zero-order valence-electron chi connectivity index (χ0n) is 10.1. The number of para-hydroxylation sites is 1. The highest BCUT2D eigenvalue weighted by molar-refractivity contribution is 5.98. The first kappa shape index (κ1) is 13.0. The number of fused-ring (bicyclic) bond motifs is 1. The summed E-state index contributed by atoms with van der Waals surface area (Å²) in [5.74, 6) is -1.46. The molecule has 19 heavy (non-hydrogen) atoms. The second-order valence-corrected chi connectivity index (χ2v) is 4.00. The molecule has 0 aliphatic carbocycles. The third kappa shape index (κ3) is 2.41. The molecule has 2 atom stereocenters. The van der Waals surface area contributed by atoms with E-state index in [-0.39, 0.29) is 17.0 Å². The number of hydrogen-bond donors (Lipinski definition) is 2. The average Bonchev–Trinajstić information content (AvgIpc) is 2.38. The summed E-state index contributed by atoms with van der Waals surface area (Å²) >= 11 is 0. The van der Waals surface area contributed by atoms with Crippen molar-refractivity contribution in [2.24, 2.45) is 5.73 Å². The second-order valence-electron chi connectivity index (χ2n) is 4.00. The number of amides is 1. The number of carbonyl (C=O) groups is 3. The largest absolute Gasteiger partial charge is 0.457 e. The Morgan fingerprint density at radius 2 is 2.11 bits per heavy atom. The lowest BCUT2D eigenvalue weighted by molar-refractivity contribution is -0.138. The minimum Gasteiger partial charge on any atom is -0.457 e. The van der Waals surface area contributed by atoms with Gasteiger partial charge < -0.3 is 20.5 Å². The van der Waals surface area contributed by atoms with Crippen LogP contribution in [0.4, 0.5) is 5.69 Å². The lowest BCUT2D eigenvalue weighted by Crippen LogP contribution is -2.46. The van der Waals surface area contributed by atoms with Gasteiger partial charge in [-0.2, -0.15) is 0 Å². The van der Waals surface area contributed by atoms with Crippen LogP contribution >= 0.6 is 0 Å². The van der Waals surface area contributed by atoms with Gasteiger partial charge in [0.1, 0.15) is 17.7 Å². The van der Waals surface area contributed by atoms with Gasteiger partial charge in [0.25, 0.3) is 0 Å². The highest BCUT2D eigenvalue weighted by atomic mass is 16.6. The van der Waals surface area contributed by atoms with Crippen LogP contribution in [-0.2, 0) is 14.3 Å². The molecular weight excluding hydrogens is 252 g/mol. The first-order chi connectivity index (χ1) is 9.04. The molecule has 1 amide bonds. The zero-order valence-corrected chi connectivity index (χ0v) is 10.1. The molecule has 0 aromatic heterocycles. The van der Waals surface area contributed by atoms with Crippen molar-refractivity contribution >= 4 is 24.0 Å². The fraction of sp³-hybridized carbons (Fsp3) is 0.250. The fourth-order valence-corrected chi connectivity index (χ4v) is 1.65. The molecule has 2 rings (SSSR count). The predicted molar refractivity (Wildman–Crippen MR) is 64.6 cm³/mol. The van der Waals surface area contributed by atoms with E-state index in [1.807, 2.05) is 0 Å². The average molecular weight is 264 g/mol. The number of hydrogen-bond acceptors (Lipinski definition) is 6. The molecule has 0 bridgehead atoms. The maximum Gasteiger partial charge on any atom is 0.342 e. The Balaban J connectivity index is 2.52. The number of ether oxygens (including phenoxy) is 2. The molecule has 1 aromatic rings. The molecule has 3 N–H and O–H groups in total. The quantitative estimate of drug-likeness (QED) is 0.444. The Bertz CT molecular complexity index is 543. The summed E-state index contributed by atoms with van der Waals surface area (Å²) in [5.41, 5.74) is 5.84. The normalized spacial score (nSPS) is 22.4. The number of rotatable bonds is 2. The van der Waals surface area contributed by atoms with Crippen molar-refractivity contribution in [2.75, 3.05) is 5.32 Å². The first-order valence-corrected chi connectivity index (χ1v) is 5.56. The summed E-state index contributed by atoms with van der Waals surface area (Å²) in [6.07, 6.45) is -0.383. The van der Waals surface area contributed by atoms with Crippen molar-refractivity contribution in [3.8, 4) is 5.75 Å². The van der Waals surface area contributed by atoms with E-state index >= 15 is 0 Å². The van der Waals surface area contributed by atoms with Gasteiger partial charge in [0.2, 0.25) is 6.41 Å². The third-order valence-electron chi connectivity index (χ3n) is 2.72. The van der Waals surface area contributed by atoms with Gasteiger partial charge in [-0.1, -0.05) is 6.07 Å². The van der Waals surface area contributed by atoms with E-state index in [4.69, 9.17) is 15.2 Å². The van der Waals surface area contributed by atoms with Gasteiger partial charge in [-0.3, -0.25) is 4.79 Å². The molecule has 100 valence electrons. The van der Waals surface area contributed by atoms with Crippen LogP contribution in [-0.4, -0.2) is 30.5 Å². The topological polar surface area (TPSA) is 108 Å². The van der Waals surface area contributed by atoms with Gasteiger partial charge in [0.05, 0.1) is 5.69 Å². The molecule has 1 aliphatic rings. The monoisotopic (exact) mass is 264 g/mol. The van der Waals surface area contributed by atoms with Crippen molar-refractivity contribution in [1.29, 1.82) is 0 Å². The molecule has 0 unspecified atom stereocenters. The number of benzene rings is 1. The molecule has 0 saturated heterocycles. The molecule has 1 aromatic carbocycles. The molecule has 0 radical (unpaired) electrons. The molecule has 0 fully saturated rings. The Morgan fingerprint density at radius 1 is 1.37 bits per heavy atom. The Morgan fingerprint density at radius 3 is 2.79 bits per heavy atom. The Labute approximate surface area is 108 Å². The fourth-order valence-electron chi connectivity index (χ4n) is 1.65. The van der Waals surface area contributed by atoms with Crippen LogP contribution < -0.4 is 15.8 Å². The minimum atomic E-state index is -1.08. The van der Waals surface area contributed by atoms with E-state index < -0.39 is 24.1 Å². The van der Waals surface area contributed by atoms with Gasteiger partial charge in [-0.25, -0.2) is 9.59 Å². The number of esters is 2. The van der Waals surface area contributed by atoms with Crippen LogP contribution in [0.3, 0.4) is 0 Å². The summed E-state index contributed by atoms with van der Waals surface area (Å²) in [5, 5.41) is 2.34. The van der Waals surface area contributed by atoms with Crippen LogP contribution in [0.15, 0.2) is 18.2 Å². The van der Waals surface area contributed by atoms with Crippen molar-refractivity contribution < 1.29 is 23.9 Å². The number of anilines is 1. The van der Waals surface area contributed by atoms with Gasteiger partial charge in [0.15, 0.2) is 5.75 Å². The summed E-state index contributed by atoms with van der Waals surface area (Å²) < 4.78 is 10.1. The second kappa shape index (κ2) is 5.07. The molecule has 0 spiro atoms. The van der Waals surface area contributed by atoms with E-state index in [0.717, 1.165) is 0 Å². The van der Waals surface area contributed by atoms with Crippen LogP contribution in [0.2, 0.25) is 0 Å². The van der Waals surface area contributed by atoms with E-state index in [2.05, 4.69) is 5.32 Å². The highest BCUT2D eigenvalue weighted by Crippen LogP contribution is 2.31. The minimum absolute atomic E-state index is 0.0546. The van der Waals surface area contributed by atoms with Crippen LogP contribution in [0.25, 0.3) is 0 Å². The molecular formula is C12H12N2O5. The van der Waals surface area contributed by atoms with Gasteiger partial charge >= 0.3 is 11.9 Å². The number of nitrogens with one attached hydrogen (secondary N) is 1. The summed E-state index contributed by atoms with van der Waals surface area (Å²) in [4.78, 5) is 34.1.